The summed E-state index contributed by atoms with van der Waals surface area (Å²) in [4.78, 5) is 19.8. The van der Waals surface area contributed by atoms with E-state index >= 15 is 0 Å². The van der Waals surface area contributed by atoms with Gasteiger partial charge in [-0.1, -0.05) is 69.7 Å². The van der Waals surface area contributed by atoms with Gasteiger partial charge in [-0.05, 0) is 51.8 Å². The molecule has 0 aliphatic heterocycles. The van der Waals surface area contributed by atoms with Crippen LogP contribution in [0.3, 0.4) is 0 Å². The highest BCUT2D eigenvalue weighted by Gasteiger charge is 2.23. The van der Waals surface area contributed by atoms with E-state index in [-0.39, 0.29) is 5.91 Å². The summed E-state index contributed by atoms with van der Waals surface area (Å²) in [6.07, 6.45) is 0. The van der Waals surface area contributed by atoms with Gasteiger partial charge in [0.2, 0.25) is 0 Å². The highest BCUT2D eigenvalue weighted by molar-refractivity contribution is 9.10. The minimum absolute atomic E-state index is 0.0792. The third-order valence-corrected chi connectivity index (χ3v) is 6.33. The fourth-order valence-electron chi connectivity index (χ4n) is 2.77. The van der Waals surface area contributed by atoms with E-state index in [2.05, 4.69) is 31.9 Å². The number of aromatic nitrogens is 1. The number of carbonyl (C=O) groups excluding carboxylic acids is 1. The molecule has 3 aromatic carbocycles. The Morgan fingerprint density at radius 1 is 0.963 bits per heavy atom. The highest BCUT2D eigenvalue weighted by atomic mass is 79.9. The van der Waals surface area contributed by atoms with Crippen LogP contribution in [-0.2, 0) is 6.54 Å². The predicted molar refractivity (Wildman–Crippen MR) is 118 cm³/mol. The summed E-state index contributed by atoms with van der Waals surface area (Å²) in [5.74, 6) is -0.0792. The Kier molecular flexibility index (Phi) is 5.38. The Hall–Kier alpha value is -2.02. The first-order valence-electron chi connectivity index (χ1n) is 8.28. The fraction of sp³-hybridized carbons (Fsp3) is 0.0476. The van der Waals surface area contributed by atoms with Crippen LogP contribution in [0.15, 0.2) is 81.7 Å². The third-order valence-electron chi connectivity index (χ3n) is 4.10. The molecule has 0 spiro atoms. The van der Waals surface area contributed by atoms with E-state index in [0.717, 1.165) is 24.7 Å². The molecule has 0 radical (unpaired) electrons. The molecular formula is C21H14Br2N2OS. The van der Waals surface area contributed by atoms with E-state index in [1.165, 1.54) is 11.3 Å². The van der Waals surface area contributed by atoms with Crippen molar-refractivity contribution in [2.24, 2.45) is 0 Å². The van der Waals surface area contributed by atoms with Crippen LogP contribution in [0.4, 0.5) is 5.13 Å². The summed E-state index contributed by atoms with van der Waals surface area (Å²) in [5.41, 5.74) is 2.56. The number of amides is 1. The van der Waals surface area contributed by atoms with Crippen LogP contribution < -0.4 is 4.90 Å². The van der Waals surface area contributed by atoms with Gasteiger partial charge in [-0.3, -0.25) is 9.69 Å². The van der Waals surface area contributed by atoms with Crippen LogP contribution in [0.2, 0.25) is 0 Å². The van der Waals surface area contributed by atoms with E-state index < -0.39 is 0 Å². The molecule has 0 N–H and O–H groups in total. The Balaban J connectivity index is 1.79. The number of fused-ring (bicyclic) bond motifs is 1. The third kappa shape index (κ3) is 3.98. The number of carbonyl (C=O) groups is 1. The summed E-state index contributed by atoms with van der Waals surface area (Å²) < 4.78 is 2.81. The lowest BCUT2D eigenvalue weighted by atomic mass is 10.1. The minimum Gasteiger partial charge on any atom is -0.279 e. The first-order chi connectivity index (χ1) is 13.1. The van der Waals surface area contributed by atoms with Crippen LogP contribution in [-0.4, -0.2) is 10.9 Å². The number of thiazole rings is 1. The van der Waals surface area contributed by atoms with Crippen LogP contribution in [0.25, 0.3) is 10.2 Å². The number of hydrogen-bond donors (Lipinski definition) is 0. The number of halogens is 2. The summed E-state index contributed by atoms with van der Waals surface area (Å²) in [6, 6.07) is 23.4. The molecule has 0 atom stereocenters. The van der Waals surface area contributed by atoms with Gasteiger partial charge in [0, 0.05) is 8.95 Å². The van der Waals surface area contributed by atoms with Crippen molar-refractivity contribution in [1.82, 2.24) is 4.98 Å². The summed E-state index contributed by atoms with van der Waals surface area (Å²) in [6.45, 7) is 0.460. The van der Waals surface area contributed by atoms with Gasteiger partial charge in [0.15, 0.2) is 5.13 Å². The maximum Gasteiger partial charge on any atom is 0.261 e. The highest BCUT2D eigenvalue weighted by Crippen LogP contribution is 2.33. The standard InChI is InChI=1S/C21H14Br2N2OS/c22-15-10-11-18-19(12-15)27-21(24-18)25(13-14-6-2-1-3-7-14)20(26)16-8-4-5-9-17(16)23/h1-12H,13H2. The lowest BCUT2D eigenvalue weighted by molar-refractivity contribution is 0.0984. The van der Waals surface area contributed by atoms with Gasteiger partial charge < -0.3 is 0 Å². The molecule has 6 heteroatoms. The SMILES string of the molecule is O=C(c1ccccc1Br)N(Cc1ccccc1)c1nc2ccc(Br)cc2s1. The van der Waals surface area contributed by atoms with Crippen molar-refractivity contribution in [1.29, 1.82) is 0 Å². The molecule has 0 aliphatic rings. The van der Waals surface area contributed by atoms with Gasteiger partial charge in [0.1, 0.15) is 0 Å². The molecule has 0 saturated carbocycles. The number of rotatable bonds is 4. The molecule has 3 nitrogen and oxygen atoms in total. The zero-order valence-electron chi connectivity index (χ0n) is 14.1. The van der Waals surface area contributed by atoms with Crippen molar-refractivity contribution < 1.29 is 4.79 Å². The number of benzene rings is 3. The molecule has 0 aliphatic carbocycles. The quantitative estimate of drug-likeness (QED) is 0.313. The van der Waals surface area contributed by atoms with Gasteiger partial charge in [0.25, 0.3) is 5.91 Å². The lowest BCUT2D eigenvalue weighted by Gasteiger charge is -2.20. The molecule has 4 aromatic rings. The molecule has 1 heterocycles. The van der Waals surface area contributed by atoms with Gasteiger partial charge >= 0.3 is 0 Å². The molecule has 1 amide bonds. The Bertz CT molecular complexity index is 1110. The number of hydrogen-bond acceptors (Lipinski definition) is 3. The second kappa shape index (κ2) is 7.92. The van der Waals surface area contributed by atoms with E-state index in [1.807, 2.05) is 72.8 Å². The first-order valence-corrected chi connectivity index (χ1v) is 10.7. The molecule has 1 aromatic heterocycles. The largest absolute Gasteiger partial charge is 0.279 e. The van der Waals surface area contributed by atoms with Crippen LogP contribution in [0.5, 0.6) is 0 Å². The minimum atomic E-state index is -0.0792. The molecule has 0 fully saturated rings. The van der Waals surface area contributed by atoms with E-state index in [4.69, 9.17) is 4.98 Å². The van der Waals surface area contributed by atoms with Crippen molar-refractivity contribution in [2.45, 2.75) is 6.54 Å². The van der Waals surface area contributed by atoms with Gasteiger partial charge in [-0.25, -0.2) is 4.98 Å². The average Bonchev–Trinajstić information content (AvgIpc) is 3.09. The molecule has 0 bridgehead atoms. The predicted octanol–water partition coefficient (Wildman–Crippen LogP) is 6.67. The summed E-state index contributed by atoms with van der Waals surface area (Å²) in [7, 11) is 0. The summed E-state index contributed by atoms with van der Waals surface area (Å²) >= 11 is 8.51. The number of nitrogens with zero attached hydrogens (tertiary/aromatic N) is 2. The van der Waals surface area contributed by atoms with E-state index in [0.29, 0.717) is 17.2 Å². The fourth-order valence-corrected chi connectivity index (χ4v) is 4.74. The molecule has 27 heavy (non-hydrogen) atoms. The molecule has 4 rings (SSSR count). The molecular weight excluding hydrogens is 488 g/mol. The maximum atomic E-state index is 13.4. The number of anilines is 1. The van der Waals surface area contributed by atoms with Crippen molar-refractivity contribution >= 4 is 64.5 Å². The topological polar surface area (TPSA) is 33.2 Å². The Morgan fingerprint density at radius 3 is 2.48 bits per heavy atom. The van der Waals surface area contributed by atoms with Crippen molar-refractivity contribution in [3.63, 3.8) is 0 Å². The smallest absolute Gasteiger partial charge is 0.261 e. The first kappa shape index (κ1) is 18.3. The molecule has 0 unspecified atom stereocenters. The normalized spacial score (nSPS) is 10.9. The zero-order valence-corrected chi connectivity index (χ0v) is 18.1. The van der Waals surface area contributed by atoms with Crippen molar-refractivity contribution in [3.05, 3.63) is 92.9 Å². The monoisotopic (exact) mass is 500 g/mol. The van der Waals surface area contributed by atoms with E-state index in [9.17, 15) is 4.79 Å². The van der Waals surface area contributed by atoms with E-state index in [1.54, 1.807) is 4.90 Å². The van der Waals surface area contributed by atoms with Crippen LogP contribution in [0.1, 0.15) is 15.9 Å². The molecule has 0 saturated heterocycles. The van der Waals surface area contributed by atoms with Gasteiger partial charge in [0.05, 0.1) is 22.3 Å². The van der Waals surface area contributed by atoms with Crippen LogP contribution >= 0.6 is 43.2 Å². The van der Waals surface area contributed by atoms with Crippen molar-refractivity contribution in [3.8, 4) is 0 Å². The zero-order chi connectivity index (χ0) is 18.8. The average molecular weight is 502 g/mol. The van der Waals surface area contributed by atoms with Gasteiger partial charge in [-0.2, -0.15) is 0 Å². The second-order valence-corrected chi connectivity index (χ2v) is 8.74. The van der Waals surface area contributed by atoms with Crippen LogP contribution in [0, 0.1) is 0 Å². The van der Waals surface area contributed by atoms with Gasteiger partial charge in [-0.15, -0.1) is 0 Å². The Morgan fingerprint density at radius 2 is 1.70 bits per heavy atom. The molecule has 134 valence electrons. The summed E-state index contributed by atoms with van der Waals surface area (Å²) in [5, 5.41) is 0.688. The second-order valence-electron chi connectivity index (χ2n) is 5.97. The Labute approximate surface area is 177 Å². The maximum absolute atomic E-state index is 13.4. The lowest BCUT2D eigenvalue weighted by Crippen LogP contribution is -2.30. The van der Waals surface area contributed by atoms with Crippen molar-refractivity contribution in [2.75, 3.05) is 4.90 Å².